The molecular weight excluding hydrogens is 428 g/mol. The normalized spacial score (nSPS) is 18.4. The standard InChI is InChI=1S/C26H30N6S/c1-2-8-19(9-3-1)31-14-16-32(17-15-31)25-26(30-23-13-7-6-12-22(23)29-25)33-18-24-27-20-10-4-5-11-21(20)28-24/h4-7,10-13,19H,1-3,8-9,14-18H2,(H,27,28)/p+1. The number of piperazine rings is 1. The molecule has 2 N–H and O–H groups in total. The summed E-state index contributed by atoms with van der Waals surface area (Å²) in [7, 11) is 0. The van der Waals surface area contributed by atoms with Crippen LogP contribution in [-0.4, -0.2) is 52.2 Å². The Labute approximate surface area is 198 Å². The van der Waals surface area contributed by atoms with Crippen LogP contribution in [0.4, 0.5) is 5.82 Å². The first kappa shape index (κ1) is 20.9. The zero-order valence-corrected chi connectivity index (χ0v) is 19.8. The Morgan fingerprint density at radius 3 is 2.30 bits per heavy atom. The molecule has 6 nitrogen and oxygen atoms in total. The van der Waals surface area contributed by atoms with Gasteiger partial charge >= 0.3 is 0 Å². The van der Waals surface area contributed by atoms with E-state index in [4.69, 9.17) is 15.0 Å². The molecule has 2 aromatic carbocycles. The van der Waals surface area contributed by atoms with Gasteiger partial charge in [-0.3, -0.25) is 0 Å². The van der Waals surface area contributed by atoms with Gasteiger partial charge in [0.25, 0.3) is 0 Å². The molecule has 4 aromatic rings. The Morgan fingerprint density at radius 1 is 0.848 bits per heavy atom. The molecule has 3 heterocycles. The Bertz CT molecular complexity index is 1210. The monoisotopic (exact) mass is 459 g/mol. The number of hydrogen-bond acceptors (Lipinski definition) is 5. The zero-order valence-electron chi connectivity index (χ0n) is 19.0. The molecular formula is C26H31N6S+. The molecule has 0 unspecified atom stereocenters. The van der Waals surface area contributed by atoms with E-state index in [-0.39, 0.29) is 0 Å². The summed E-state index contributed by atoms with van der Waals surface area (Å²) in [5, 5.41) is 1.01. The van der Waals surface area contributed by atoms with Crippen molar-refractivity contribution in [3.05, 3.63) is 54.4 Å². The number of H-pyrrole nitrogens is 1. The van der Waals surface area contributed by atoms with E-state index in [1.165, 1.54) is 45.2 Å². The summed E-state index contributed by atoms with van der Waals surface area (Å²) < 4.78 is 0. The van der Waals surface area contributed by atoms with E-state index in [1.54, 1.807) is 16.7 Å². The lowest BCUT2D eigenvalue weighted by molar-refractivity contribution is -0.927. The van der Waals surface area contributed by atoms with Crippen molar-refractivity contribution >= 4 is 39.6 Å². The highest BCUT2D eigenvalue weighted by Crippen LogP contribution is 2.31. The molecule has 0 amide bonds. The molecule has 1 aliphatic carbocycles. The Morgan fingerprint density at radius 2 is 1.55 bits per heavy atom. The van der Waals surface area contributed by atoms with Gasteiger partial charge in [0, 0.05) is 0 Å². The van der Waals surface area contributed by atoms with Crippen molar-refractivity contribution in [2.75, 3.05) is 31.1 Å². The van der Waals surface area contributed by atoms with E-state index < -0.39 is 0 Å². The third kappa shape index (κ3) is 4.44. The minimum absolute atomic E-state index is 0.752. The fourth-order valence-electron chi connectivity index (χ4n) is 5.41. The lowest BCUT2D eigenvalue weighted by Gasteiger charge is -2.38. The fourth-order valence-corrected chi connectivity index (χ4v) is 6.29. The number of aromatic amines is 1. The molecule has 0 bridgehead atoms. The van der Waals surface area contributed by atoms with Crippen LogP contribution < -0.4 is 9.80 Å². The highest BCUT2D eigenvalue weighted by Gasteiger charge is 2.30. The number of imidazole rings is 1. The topological polar surface area (TPSA) is 62.1 Å². The SMILES string of the molecule is c1ccc2nc(N3CC[NH+](C4CCCCC4)CC3)c(SCc3nc4ccccc4[nH]3)nc2c1. The highest BCUT2D eigenvalue weighted by molar-refractivity contribution is 7.98. The van der Waals surface area contributed by atoms with Crippen molar-refractivity contribution in [3.63, 3.8) is 0 Å². The molecule has 1 aliphatic heterocycles. The van der Waals surface area contributed by atoms with Crippen LogP contribution in [0.1, 0.15) is 37.9 Å². The number of nitrogens with zero attached hydrogens (tertiary/aromatic N) is 4. The van der Waals surface area contributed by atoms with Gasteiger partial charge in [-0.05, 0) is 49.9 Å². The summed E-state index contributed by atoms with van der Waals surface area (Å²) >= 11 is 1.74. The van der Waals surface area contributed by atoms with Crippen LogP contribution in [0.2, 0.25) is 0 Å². The van der Waals surface area contributed by atoms with Crippen molar-refractivity contribution in [1.29, 1.82) is 0 Å². The highest BCUT2D eigenvalue weighted by atomic mass is 32.2. The lowest BCUT2D eigenvalue weighted by atomic mass is 9.94. The Kier molecular flexibility index (Phi) is 5.91. The van der Waals surface area contributed by atoms with Crippen LogP contribution in [0.25, 0.3) is 22.1 Å². The second-order valence-electron chi connectivity index (χ2n) is 9.31. The average molecular weight is 460 g/mol. The number of benzene rings is 2. The van der Waals surface area contributed by atoms with E-state index in [2.05, 4.69) is 34.1 Å². The maximum atomic E-state index is 5.09. The molecule has 2 aliphatic rings. The second kappa shape index (κ2) is 9.31. The summed E-state index contributed by atoms with van der Waals surface area (Å²) in [6.45, 7) is 4.51. The molecule has 0 radical (unpaired) electrons. The van der Waals surface area contributed by atoms with E-state index in [9.17, 15) is 0 Å². The third-order valence-electron chi connectivity index (χ3n) is 7.19. The third-order valence-corrected chi connectivity index (χ3v) is 8.16. The van der Waals surface area contributed by atoms with E-state index in [0.717, 1.165) is 63.6 Å². The number of fused-ring (bicyclic) bond motifs is 2. The Balaban J connectivity index is 1.23. The van der Waals surface area contributed by atoms with Crippen LogP contribution >= 0.6 is 11.8 Å². The van der Waals surface area contributed by atoms with Gasteiger partial charge in [-0.15, -0.1) is 0 Å². The molecule has 6 rings (SSSR count). The number of anilines is 1. The summed E-state index contributed by atoms with van der Waals surface area (Å²) in [4.78, 5) is 22.6. The van der Waals surface area contributed by atoms with Gasteiger partial charge in [0.15, 0.2) is 5.82 Å². The molecule has 2 fully saturated rings. The maximum absolute atomic E-state index is 5.09. The first-order valence-electron chi connectivity index (χ1n) is 12.3. The summed E-state index contributed by atoms with van der Waals surface area (Å²) in [5.74, 6) is 2.77. The van der Waals surface area contributed by atoms with Crippen LogP contribution in [0.3, 0.4) is 0 Å². The first-order chi connectivity index (χ1) is 16.3. The molecule has 170 valence electrons. The van der Waals surface area contributed by atoms with Crippen molar-refractivity contribution in [3.8, 4) is 0 Å². The minimum atomic E-state index is 0.752. The second-order valence-corrected chi connectivity index (χ2v) is 10.3. The van der Waals surface area contributed by atoms with Crippen molar-refractivity contribution in [2.45, 2.75) is 48.9 Å². The van der Waals surface area contributed by atoms with Crippen LogP contribution in [-0.2, 0) is 5.75 Å². The molecule has 1 saturated heterocycles. The predicted octanol–water partition coefficient (Wildman–Crippen LogP) is 3.84. The van der Waals surface area contributed by atoms with E-state index in [0.29, 0.717) is 0 Å². The van der Waals surface area contributed by atoms with Crippen LogP contribution in [0.5, 0.6) is 0 Å². The van der Waals surface area contributed by atoms with Gasteiger partial charge in [-0.25, -0.2) is 15.0 Å². The average Bonchev–Trinajstić information content (AvgIpc) is 3.31. The fraction of sp³-hybridized carbons (Fsp3) is 0.423. The summed E-state index contributed by atoms with van der Waals surface area (Å²) in [6.07, 6.45) is 7.06. The Hall–Kier alpha value is -2.64. The molecule has 2 aromatic heterocycles. The van der Waals surface area contributed by atoms with E-state index in [1.807, 2.05) is 24.3 Å². The number of hydrogen-bond donors (Lipinski definition) is 2. The zero-order chi connectivity index (χ0) is 22.0. The predicted molar refractivity (Wildman–Crippen MR) is 135 cm³/mol. The molecule has 0 spiro atoms. The van der Waals surface area contributed by atoms with Crippen molar-refractivity contribution in [2.24, 2.45) is 0 Å². The van der Waals surface area contributed by atoms with Crippen LogP contribution in [0.15, 0.2) is 53.6 Å². The molecule has 7 heteroatoms. The number of quaternary nitrogens is 1. The molecule has 0 atom stereocenters. The lowest BCUT2D eigenvalue weighted by Crippen LogP contribution is -3.18. The van der Waals surface area contributed by atoms with Crippen molar-refractivity contribution in [1.82, 2.24) is 19.9 Å². The van der Waals surface area contributed by atoms with Gasteiger partial charge in [-0.2, -0.15) is 0 Å². The van der Waals surface area contributed by atoms with Crippen molar-refractivity contribution < 1.29 is 4.90 Å². The van der Waals surface area contributed by atoms with E-state index >= 15 is 0 Å². The largest absolute Gasteiger partial charge is 0.343 e. The number of para-hydroxylation sites is 4. The van der Waals surface area contributed by atoms with Gasteiger partial charge in [0.1, 0.15) is 10.9 Å². The molecule has 1 saturated carbocycles. The summed E-state index contributed by atoms with van der Waals surface area (Å²) in [6, 6.07) is 17.3. The van der Waals surface area contributed by atoms with Gasteiger partial charge in [0.05, 0.1) is 60.0 Å². The first-order valence-corrected chi connectivity index (χ1v) is 13.2. The molecule has 33 heavy (non-hydrogen) atoms. The van der Waals surface area contributed by atoms with Gasteiger partial charge in [-0.1, -0.05) is 42.4 Å². The quantitative estimate of drug-likeness (QED) is 0.444. The van der Waals surface area contributed by atoms with Gasteiger partial charge in [0.2, 0.25) is 0 Å². The number of rotatable bonds is 5. The number of nitrogens with one attached hydrogen (secondary N) is 2. The summed E-state index contributed by atoms with van der Waals surface area (Å²) in [5.41, 5.74) is 4.03. The number of aromatic nitrogens is 4. The smallest absolute Gasteiger partial charge is 0.162 e. The van der Waals surface area contributed by atoms with Crippen LogP contribution in [0, 0.1) is 0 Å². The van der Waals surface area contributed by atoms with Gasteiger partial charge < -0.3 is 14.8 Å². The maximum Gasteiger partial charge on any atom is 0.162 e. The number of thioether (sulfide) groups is 1. The minimum Gasteiger partial charge on any atom is -0.343 e.